The largest absolute Gasteiger partial charge is 0.478 e. The van der Waals surface area contributed by atoms with E-state index >= 15 is 0 Å². The molecule has 0 radical (unpaired) electrons. The smallest absolute Gasteiger partial charge is 0.338 e. The Balaban J connectivity index is 2.08. The first-order valence-electron chi connectivity index (χ1n) is 5.54. The van der Waals surface area contributed by atoms with Gasteiger partial charge in [0.1, 0.15) is 0 Å². The summed E-state index contributed by atoms with van der Waals surface area (Å²) in [4.78, 5) is 16.8. The van der Waals surface area contributed by atoms with E-state index in [0.29, 0.717) is 13.1 Å². The molecule has 0 aromatic carbocycles. The molecule has 0 aromatic heterocycles. The molecule has 8 heteroatoms. The molecule has 0 spiro atoms. The fourth-order valence-corrected chi connectivity index (χ4v) is 3.12. The van der Waals surface area contributed by atoms with Crippen molar-refractivity contribution >= 4 is 22.0 Å². The quantitative estimate of drug-likeness (QED) is 0.672. The van der Waals surface area contributed by atoms with Crippen LogP contribution in [-0.4, -0.2) is 61.0 Å². The number of hydrogen-bond donors (Lipinski definition) is 2. The predicted molar refractivity (Wildman–Crippen MR) is 66.0 cm³/mol. The zero-order chi connectivity index (χ0) is 13.4. The molecule has 2 aliphatic rings. The minimum atomic E-state index is -2.94. The van der Waals surface area contributed by atoms with Crippen LogP contribution in [0.25, 0.3) is 0 Å². The van der Waals surface area contributed by atoms with Gasteiger partial charge in [-0.2, -0.15) is 0 Å². The van der Waals surface area contributed by atoms with Crippen molar-refractivity contribution in [3.8, 4) is 0 Å². The molecule has 0 amide bonds. The van der Waals surface area contributed by atoms with Gasteiger partial charge in [-0.25, -0.2) is 18.2 Å². The first-order valence-corrected chi connectivity index (χ1v) is 7.36. The van der Waals surface area contributed by atoms with E-state index in [2.05, 4.69) is 10.3 Å². The molecule has 0 bridgehead atoms. The fourth-order valence-electron chi connectivity index (χ4n) is 1.92. The molecule has 2 heterocycles. The van der Waals surface area contributed by atoms with E-state index < -0.39 is 21.6 Å². The Labute approximate surface area is 105 Å². The van der Waals surface area contributed by atoms with Gasteiger partial charge >= 0.3 is 5.97 Å². The number of aliphatic imine (C=N–C) groups is 1. The first-order chi connectivity index (χ1) is 8.32. The molecular formula is C10H15N3O4S. The maximum atomic E-state index is 11.3. The maximum absolute atomic E-state index is 11.3. The van der Waals surface area contributed by atoms with Crippen LogP contribution in [0.5, 0.6) is 0 Å². The maximum Gasteiger partial charge on any atom is 0.338 e. The monoisotopic (exact) mass is 273 g/mol. The SMILES string of the molecule is CC1(N2CCS(=O)(=O)CC2)N=CC(C(=O)O)=CN1. The lowest BCUT2D eigenvalue weighted by Crippen LogP contribution is -2.59. The normalized spacial score (nSPS) is 31.5. The second kappa shape index (κ2) is 4.36. The van der Waals surface area contributed by atoms with Gasteiger partial charge in [-0.15, -0.1) is 0 Å². The highest BCUT2D eigenvalue weighted by Gasteiger charge is 2.36. The Morgan fingerprint density at radius 1 is 1.50 bits per heavy atom. The van der Waals surface area contributed by atoms with Crippen molar-refractivity contribution < 1.29 is 18.3 Å². The minimum absolute atomic E-state index is 0.0807. The van der Waals surface area contributed by atoms with E-state index in [9.17, 15) is 13.2 Å². The molecular weight excluding hydrogens is 258 g/mol. The van der Waals surface area contributed by atoms with Crippen LogP contribution in [0.1, 0.15) is 6.92 Å². The molecule has 7 nitrogen and oxygen atoms in total. The summed E-state index contributed by atoms with van der Waals surface area (Å²) in [5.41, 5.74) is 0.0807. The van der Waals surface area contributed by atoms with E-state index in [-0.39, 0.29) is 17.1 Å². The Morgan fingerprint density at radius 2 is 2.11 bits per heavy atom. The molecule has 1 fully saturated rings. The average molecular weight is 273 g/mol. The standard InChI is InChI=1S/C10H15N3O4S/c1-10(11-6-8(7-12-10)9(14)15)13-2-4-18(16,17)5-3-13/h6-7,11H,2-5H2,1H3,(H,14,15). The van der Waals surface area contributed by atoms with Crippen molar-refractivity contribution in [3.63, 3.8) is 0 Å². The lowest BCUT2D eigenvalue weighted by atomic mass is 10.2. The topological polar surface area (TPSA) is 99.1 Å². The summed E-state index contributed by atoms with van der Waals surface area (Å²) in [5, 5.41) is 11.7. The number of carboxylic acids is 1. The Morgan fingerprint density at radius 3 is 2.56 bits per heavy atom. The van der Waals surface area contributed by atoms with Crippen molar-refractivity contribution in [1.29, 1.82) is 0 Å². The number of carboxylic acid groups (broad SMARTS) is 1. The van der Waals surface area contributed by atoms with Crippen molar-refractivity contribution in [2.45, 2.75) is 12.7 Å². The van der Waals surface area contributed by atoms with Crippen molar-refractivity contribution in [2.75, 3.05) is 24.6 Å². The van der Waals surface area contributed by atoms with Crippen LogP contribution in [0.4, 0.5) is 0 Å². The van der Waals surface area contributed by atoms with Gasteiger partial charge in [-0.3, -0.25) is 4.90 Å². The third-order valence-electron chi connectivity index (χ3n) is 3.16. The number of aliphatic carboxylic acids is 1. The van der Waals surface area contributed by atoms with Crippen molar-refractivity contribution in [3.05, 3.63) is 11.8 Å². The summed E-state index contributed by atoms with van der Waals surface area (Å²) >= 11 is 0. The fraction of sp³-hybridized carbons (Fsp3) is 0.600. The summed E-state index contributed by atoms with van der Waals surface area (Å²) in [7, 11) is -2.94. The molecule has 0 saturated carbocycles. The summed E-state index contributed by atoms with van der Waals surface area (Å²) < 4.78 is 22.7. The van der Waals surface area contributed by atoms with E-state index in [4.69, 9.17) is 5.11 Å². The van der Waals surface area contributed by atoms with Crippen LogP contribution in [0.2, 0.25) is 0 Å². The summed E-state index contributed by atoms with van der Waals surface area (Å²) in [6.07, 6.45) is 2.68. The average Bonchev–Trinajstić information content (AvgIpc) is 2.29. The molecule has 0 aliphatic carbocycles. The van der Waals surface area contributed by atoms with Gasteiger partial charge in [0, 0.05) is 25.5 Å². The summed E-state index contributed by atoms with van der Waals surface area (Å²) in [5.74, 6) is -1.60. The van der Waals surface area contributed by atoms with Gasteiger partial charge in [-0.1, -0.05) is 0 Å². The molecule has 1 saturated heterocycles. The lowest BCUT2D eigenvalue weighted by molar-refractivity contribution is -0.132. The van der Waals surface area contributed by atoms with Crippen LogP contribution < -0.4 is 5.32 Å². The number of carbonyl (C=O) groups is 1. The van der Waals surface area contributed by atoms with Crippen LogP contribution in [-0.2, 0) is 14.6 Å². The van der Waals surface area contributed by atoms with E-state index in [1.54, 1.807) is 6.92 Å². The molecule has 2 rings (SSSR count). The van der Waals surface area contributed by atoms with E-state index in [0.717, 1.165) is 0 Å². The van der Waals surface area contributed by atoms with Gasteiger partial charge in [0.05, 0.1) is 17.1 Å². The second-order valence-electron chi connectivity index (χ2n) is 4.47. The van der Waals surface area contributed by atoms with Crippen LogP contribution >= 0.6 is 0 Å². The van der Waals surface area contributed by atoms with E-state index in [1.807, 2.05) is 4.90 Å². The molecule has 18 heavy (non-hydrogen) atoms. The predicted octanol–water partition coefficient (Wildman–Crippen LogP) is -0.967. The highest BCUT2D eigenvalue weighted by atomic mass is 32.2. The summed E-state index contributed by atoms with van der Waals surface area (Å²) in [6, 6.07) is 0. The molecule has 100 valence electrons. The third kappa shape index (κ3) is 2.54. The van der Waals surface area contributed by atoms with Gasteiger partial charge in [0.15, 0.2) is 15.6 Å². The number of hydrogen-bond acceptors (Lipinski definition) is 6. The van der Waals surface area contributed by atoms with Crippen LogP contribution in [0.3, 0.4) is 0 Å². The molecule has 0 aromatic rings. The highest BCUT2D eigenvalue weighted by Crippen LogP contribution is 2.19. The molecule has 1 atom stereocenters. The van der Waals surface area contributed by atoms with Gasteiger partial charge in [0.2, 0.25) is 0 Å². The molecule has 1 unspecified atom stereocenters. The van der Waals surface area contributed by atoms with Gasteiger partial charge < -0.3 is 10.4 Å². The van der Waals surface area contributed by atoms with Gasteiger partial charge in [0.25, 0.3) is 0 Å². The minimum Gasteiger partial charge on any atom is -0.478 e. The molecule has 2 N–H and O–H groups in total. The van der Waals surface area contributed by atoms with Crippen molar-refractivity contribution in [1.82, 2.24) is 10.2 Å². The third-order valence-corrected chi connectivity index (χ3v) is 4.77. The highest BCUT2D eigenvalue weighted by molar-refractivity contribution is 7.91. The Hall–Kier alpha value is -1.41. The summed E-state index contributed by atoms with van der Waals surface area (Å²) in [6.45, 7) is 2.56. The van der Waals surface area contributed by atoms with Crippen LogP contribution in [0.15, 0.2) is 16.8 Å². The second-order valence-corrected chi connectivity index (χ2v) is 6.77. The van der Waals surface area contributed by atoms with Gasteiger partial charge in [-0.05, 0) is 6.92 Å². The van der Waals surface area contributed by atoms with Crippen molar-refractivity contribution in [2.24, 2.45) is 4.99 Å². The zero-order valence-corrected chi connectivity index (χ0v) is 10.8. The number of sulfone groups is 1. The number of nitrogens with one attached hydrogen (secondary N) is 1. The lowest BCUT2D eigenvalue weighted by Gasteiger charge is -2.41. The zero-order valence-electron chi connectivity index (χ0n) is 9.96. The number of rotatable bonds is 2. The van der Waals surface area contributed by atoms with E-state index in [1.165, 1.54) is 12.4 Å². The first kappa shape index (κ1) is 13.0. The van der Waals surface area contributed by atoms with Crippen LogP contribution in [0, 0.1) is 0 Å². The number of nitrogens with zero attached hydrogens (tertiary/aromatic N) is 2. The Kier molecular flexibility index (Phi) is 3.16. The Bertz CT molecular complexity index is 511. The molecule has 2 aliphatic heterocycles.